The van der Waals surface area contributed by atoms with E-state index in [4.69, 9.17) is 14.2 Å². The van der Waals surface area contributed by atoms with E-state index in [2.05, 4.69) is 5.32 Å². The Kier molecular flexibility index (Phi) is 9.10. The lowest BCUT2D eigenvalue weighted by Gasteiger charge is -2.19. The van der Waals surface area contributed by atoms with Crippen molar-refractivity contribution in [3.8, 4) is 11.5 Å². The lowest BCUT2D eigenvalue weighted by atomic mass is 10.0. The highest BCUT2D eigenvalue weighted by Gasteiger charge is 2.21. The van der Waals surface area contributed by atoms with E-state index >= 15 is 0 Å². The largest absolute Gasteiger partial charge is 0.480 e. The maximum absolute atomic E-state index is 11.5. The van der Waals surface area contributed by atoms with Crippen molar-refractivity contribution in [2.45, 2.75) is 52.7 Å². The van der Waals surface area contributed by atoms with Gasteiger partial charge in [0.15, 0.2) is 11.5 Å². The zero-order chi connectivity index (χ0) is 21.3. The van der Waals surface area contributed by atoms with Crippen molar-refractivity contribution in [2.24, 2.45) is 0 Å². The molecule has 0 aromatic heterocycles. The van der Waals surface area contributed by atoms with E-state index in [9.17, 15) is 24.3 Å². The van der Waals surface area contributed by atoms with Crippen LogP contribution in [0.1, 0.15) is 39.7 Å². The molecule has 0 spiro atoms. The van der Waals surface area contributed by atoms with E-state index in [0.717, 1.165) is 0 Å². The Morgan fingerprint density at radius 2 is 1.68 bits per heavy atom. The average Bonchev–Trinajstić information content (AvgIpc) is 2.59. The van der Waals surface area contributed by atoms with Crippen LogP contribution in [0.4, 0.5) is 0 Å². The van der Waals surface area contributed by atoms with Gasteiger partial charge < -0.3 is 24.6 Å². The minimum atomic E-state index is -1.09. The number of carbonyl (C=O) groups excluding carboxylic acids is 3. The van der Waals surface area contributed by atoms with Gasteiger partial charge in [-0.3, -0.25) is 19.2 Å². The molecule has 1 unspecified atom stereocenters. The first kappa shape index (κ1) is 23.1. The van der Waals surface area contributed by atoms with Gasteiger partial charge in [-0.2, -0.15) is 0 Å². The number of hydrogen-bond donors (Lipinski definition) is 2. The SMILES string of the molecule is CCC(=O)OC(C)CN[C@@H](Cc1ccc(OC(C)=O)c(OC(C)=O)c1)C(=O)O. The van der Waals surface area contributed by atoms with Crippen LogP contribution in [0.25, 0.3) is 0 Å². The fourth-order valence-corrected chi connectivity index (χ4v) is 2.29. The summed E-state index contributed by atoms with van der Waals surface area (Å²) in [5.74, 6) is -2.56. The molecular weight excluding hydrogens is 370 g/mol. The van der Waals surface area contributed by atoms with Gasteiger partial charge in [-0.05, 0) is 31.0 Å². The number of rotatable bonds is 10. The Hall–Kier alpha value is -2.94. The Balaban J connectivity index is 2.88. The van der Waals surface area contributed by atoms with E-state index in [-0.39, 0.29) is 36.9 Å². The maximum atomic E-state index is 11.5. The molecule has 1 aromatic carbocycles. The number of benzene rings is 1. The van der Waals surface area contributed by atoms with Crippen molar-refractivity contribution in [1.29, 1.82) is 0 Å². The van der Waals surface area contributed by atoms with Crippen molar-refractivity contribution >= 4 is 23.9 Å². The molecule has 2 N–H and O–H groups in total. The molecule has 0 bridgehead atoms. The molecule has 9 heteroatoms. The van der Waals surface area contributed by atoms with Gasteiger partial charge in [0, 0.05) is 26.8 Å². The second-order valence-electron chi connectivity index (χ2n) is 6.13. The predicted octanol–water partition coefficient (Wildman–Crippen LogP) is 1.46. The first-order chi connectivity index (χ1) is 13.1. The molecule has 0 saturated heterocycles. The number of carboxylic acids is 1. The molecule has 0 aliphatic rings. The van der Waals surface area contributed by atoms with Gasteiger partial charge in [0.2, 0.25) is 0 Å². The lowest BCUT2D eigenvalue weighted by molar-refractivity contribution is -0.147. The van der Waals surface area contributed by atoms with Crippen molar-refractivity contribution < 1.29 is 38.5 Å². The van der Waals surface area contributed by atoms with Crippen molar-refractivity contribution in [2.75, 3.05) is 6.54 Å². The Morgan fingerprint density at radius 3 is 2.21 bits per heavy atom. The number of carboxylic acid groups (broad SMARTS) is 1. The van der Waals surface area contributed by atoms with Crippen LogP contribution in [0.2, 0.25) is 0 Å². The summed E-state index contributed by atoms with van der Waals surface area (Å²) < 4.78 is 15.1. The molecule has 28 heavy (non-hydrogen) atoms. The summed E-state index contributed by atoms with van der Waals surface area (Å²) in [5.41, 5.74) is 0.547. The van der Waals surface area contributed by atoms with Gasteiger partial charge in [0.05, 0.1) is 0 Å². The third kappa shape index (κ3) is 8.17. The summed E-state index contributed by atoms with van der Waals surface area (Å²) in [6.45, 7) is 5.90. The van der Waals surface area contributed by atoms with Crippen LogP contribution in [0, 0.1) is 0 Å². The lowest BCUT2D eigenvalue weighted by Crippen LogP contribution is -2.42. The third-order valence-electron chi connectivity index (χ3n) is 3.53. The van der Waals surface area contributed by atoms with E-state index in [0.29, 0.717) is 5.56 Å². The van der Waals surface area contributed by atoms with Crippen LogP contribution in [0.3, 0.4) is 0 Å². The minimum Gasteiger partial charge on any atom is -0.480 e. The van der Waals surface area contributed by atoms with E-state index in [1.165, 1.54) is 26.0 Å². The van der Waals surface area contributed by atoms with Crippen molar-refractivity contribution in [3.63, 3.8) is 0 Å². The van der Waals surface area contributed by atoms with Crippen LogP contribution in [-0.4, -0.2) is 47.7 Å². The Labute approximate surface area is 163 Å². The van der Waals surface area contributed by atoms with Gasteiger partial charge in [-0.25, -0.2) is 0 Å². The number of nitrogens with one attached hydrogen (secondary N) is 1. The highest BCUT2D eigenvalue weighted by molar-refractivity contribution is 5.75. The quantitative estimate of drug-likeness (QED) is 0.447. The molecule has 0 aliphatic heterocycles. The molecule has 9 nitrogen and oxygen atoms in total. The van der Waals surface area contributed by atoms with Gasteiger partial charge in [0.1, 0.15) is 12.1 Å². The van der Waals surface area contributed by atoms with Crippen LogP contribution >= 0.6 is 0 Å². The molecule has 1 aromatic rings. The molecular formula is C19H25NO8. The number of aliphatic carboxylic acids is 1. The maximum Gasteiger partial charge on any atom is 0.321 e. The van der Waals surface area contributed by atoms with Gasteiger partial charge in [-0.15, -0.1) is 0 Å². The molecule has 0 saturated carbocycles. The fourth-order valence-electron chi connectivity index (χ4n) is 2.29. The summed E-state index contributed by atoms with van der Waals surface area (Å²) >= 11 is 0. The second-order valence-corrected chi connectivity index (χ2v) is 6.13. The summed E-state index contributed by atoms with van der Waals surface area (Å²) in [7, 11) is 0. The van der Waals surface area contributed by atoms with Gasteiger partial charge in [-0.1, -0.05) is 13.0 Å². The summed E-state index contributed by atoms with van der Waals surface area (Å²) in [6.07, 6.45) is -0.184. The highest BCUT2D eigenvalue weighted by Crippen LogP contribution is 2.29. The predicted molar refractivity (Wildman–Crippen MR) is 98.0 cm³/mol. The molecule has 1 rings (SSSR count). The topological polar surface area (TPSA) is 128 Å². The molecule has 2 atom stereocenters. The second kappa shape index (κ2) is 11.0. The summed E-state index contributed by atoms with van der Waals surface area (Å²) in [6, 6.07) is 3.48. The summed E-state index contributed by atoms with van der Waals surface area (Å²) in [4.78, 5) is 45.3. The smallest absolute Gasteiger partial charge is 0.321 e. The van der Waals surface area contributed by atoms with E-state index < -0.39 is 30.1 Å². The zero-order valence-electron chi connectivity index (χ0n) is 16.3. The molecule has 0 aliphatic carbocycles. The molecule has 0 heterocycles. The Morgan fingerprint density at radius 1 is 1.07 bits per heavy atom. The fraction of sp³-hybridized carbons (Fsp3) is 0.474. The number of ether oxygens (including phenoxy) is 3. The number of esters is 3. The van der Waals surface area contributed by atoms with E-state index in [1.807, 2.05) is 0 Å². The molecule has 0 radical (unpaired) electrons. The van der Waals surface area contributed by atoms with Gasteiger partial charge in [0.25, 0.3) is 0 Å². The summed E-state index contributed by atoms with van der Waals surface area (Å²) in [5, 5.41) is 12.3. The van der Waals surface area contributed by atoms with Crippen LogP contribution in [-0.2, 0) is 30.3 Å². The number of hydrogen-bond acceptors (Lipinski definition) is 8. The monoisotopic (exact) mass is 395 g/mol. The third-order valence-corrected chi connectivity index (χ3v) is 3.53. The van der Waals surface area contributed by atoms with Crippen LogP contribution in [0.15, 0.2) is 18.2 Å². The zero-order valence-corrected chi connectivity index (χ0v) is 16.3. The average molecular weight is 395 g/mol. The van der Waals surface area contributed by atoms with Crippen molar-refractivity contribution in [1.82, 2.24) is 5.32 Å². The number of carbonyl (C=O) groups is 4. The molecule has 0 fully saturated rings. The molecule has 0 amide bonds. The molecule has 154 valence electrons. The first-order valence-corrected chi connectivity index (χ1v) is 8.77. The van der Waals surface area contributed by atoms with Gasteiger partial charge >= 0.3 is 23.9 Å². The first-order valence-electron chi connectivity index (χ1n) is 8.77. The normalized spacial score (nSPS) is 12.6. The van der Waals surface area contributed by atoms with Crippen LogP contribution in [0.5, 0.6) is 11.5 Å². The van der Waals surface area contributed by atoms with Crippen LogP contribution < -0.4 is 14.8 Å². The Bertz CT molecular complexity index is 731. The minimum absolute atomic E-state index is 0.0228. The van der Waals surface area contributed by atoms with E-state index in [1.54, 1.807) is 19.9 Å². The highest BCUT2D eigenvalue weighted by atomic mass is 16.6. The standard InChI is InChI=1S/C19H25NO8/c1-5-18(23)26-11(2)10-20-15(19(24)25)8-14-6-7-16(27-12(3)21)17(9-14)28-13(4)22/h6-7,9,11,15,20H,5,8,10H2,1-4H3,(H,24,25)/t11?,15-/m0/s1. The van der Waals surface area contributed by atoms with Crippen molar-refractivity contribution in [3.05, 3.63) is 23.8 Å².